The van der Waals surface area contributed by atoms with Crippen molar-refractivity contribution >= 4 is 15.7 Å². The zero-order chi connectivity index (χ0) is 19.2. The number of hydrogen-bond acceptors (Lipinski definition) is 5. The van der Waals surface area contributed by atoms with E-state index in [1.165, 1.54) is 37.8 Å². The zero-order valence-corrected chi connectivity index (χ0v) is 16.3. The van der Waals surface area contributed by atoms with E-state index in [-0.39, 0.29) is 22.5 Å². The van der Waals surface area contributed by atoms with E-state index in [4.69, 9.17) is 4.52 Å². The van der Waals surface area contributed by atoms with Crippen molar-refractivity contribution in [3.8, 4) is 11.3 Å². The van der Waals surface area contributed by atoms with Gasteiger partial charge in [-0.15, -0.1) is 0 Å². The number of nitrogens with one attached hydrogen (secondary N) is 1. The molecule has 2 bridgehead atoms. The first-order chi connectivity index (χ1) is 12.8. The van der Waals surface area contributed by atoms with Crippen LogP contribution in [0.25, 0.3) is 11.3 Å². The number of aromatic nitrogens is 1. The maximum Gasteiger partial charge on any atom is 0.273 e. The minimum absolute atomic E-state index is 0.127. The first-order valence-corrected chi connectivity index (χ1v) is 11.3. The molecule has 2 aromatic rings. The SMILES string of the molecule is CC(NC(=O)c1cc(-c2ccc(S(C)(=O)=O)cc2)on1)C1CC2CCC1C2. The van der Waals surface area contributed by atoms with Gasteiger partial charge in [0.25, 0.3) is 5.91 Å². The second-order valence-corrected chi connectivity index (χ2v) is 9.99. The van der Waals surface area contributed by atoms with Crippen molar-refractivity contribution in [1.29, 1.82) is 0 Å². The fourth-order valence-electron chi connectivity index (χ4n) is 4.68. The fraction of sp³-hybridized carbons (Fsp3) is 0.500. The lowest BCUT2D eigenvalue weighted by Gasteiger charge is -2.28. The van der Waals surface area contributed by atoms with Gasteiger partial charge in [0.15, 0.2) is 21.3 Å². The van der Waals surface area contributed by atoms with Gasteiger partial charge in [-0.2, -0.15) is 0 Å². The van der Waals surface area contributed by atoms with Gasteiger partial charge in [-0.1, -0.05) is 11.6 Å². The van der Waals surface area contributed by atoms with Crippen LogP contribution in [0.1, 0.15) is 43.1 Å². The second-order valence-electron chi connectivity index (χ2n) is 7.97. The third kappa shape index (κ3) is 3.65. The van der Waals surface area contributed by atoms with Crippen LogP contribution in [0, 0.1) is 17.8 Å². The molecule has 4 atom stereocenters. The Morgan fingerprint density at radius 1 is 1.22 bits per heavy atom. The molecule has 0 aliphatic heterocycles. The van der Waals surface area contributed by atoms with E-state index in [0.717, 1.165) is 18.1 Å². The van der Waals surface area contributed by atoms with Gasteiger partial charge in [0.2, 0.25) is 0 Å². The summed E-state index contributed by atoms with van der Waals surface area (Å²) in [5.41, 5.74) is 0.919. The molecule has 2 fully saturated rings. The lowest BCUT2D eigenvalue weighted by molar-refractivity contribution is 0.0906. The van der Waals surface area contributed by atoms with Crippen molar-refractivity contribution in [2.45, 2.75) is 43.5 Å². The molecule has 144 valence electrons. The highest BCUT2D eigenvalue weighted by molar-refractivity contribution is 7.90. The molecule has 4 unspecified atom stereocenters. The molecule has 0 spiro atoms. The van der Waals surface area contributed by atoms with Crippen LogP contribution in [-0.2, 0) is 9.84 Å². The molecule has 27 heavy (non-hydrogen) atoms. The summed E-state index contributed by atoms with van der Waals surface area (Å²) in [6, 6.07) is 8.06. The monoisotopic (exact) mass is 388 g/mol. The van der Waals surface area contributed by atoms with Crippen LogP contribution >= 0.6 is 0 Å². The Bertz CT molecular complexity index is 949. The molecule has 6 nitrogen and oxygen atoms in total. The number of sulfone groups is 1. The highest BCUT2D eigenvalue weighted by Gasteiger charge is 2.42. The van der Waals surface area contributed by atoms with E-state index in [2.05, 4.69) is 17.4 Å². The molecule has 1 aromatic heterocycles. The topological polar surface area (TPSA) is 89.3 Å². The maximum absolute atomic E-state index is 12.5. The summed E-state index contributed by atoms with van der Waals surface area (Å²) in [4.78, 5) is 12.8. The maximum atomic E-state index is 12.5. The predicted octanol–water partition coefficient (Wildman–Crippen LogP) is 3.30. The average Bonchev–Trinajstić information content (AvgIpc) is 3.37. The number of carbonyl (C=O) groups is 1. The Balaban J connectivity index is 1.43. The van der Waals surface area contributed by atoms with Crippen LogP contribution in [-0.4, -0.2) is 31.8 Å². The molecule has 0 saturated heterocycles. The Labute approximate surface area is 159 Å². The third-order valence-electron chi connectivity index (χ3n) is 6.10. The summed E-state index contributed by atoms with van der Waals surface area (Å²) < 4.78 is 28.4. The molecule has 2 aliphatic carbocycles. The fourth-order valence-corrected chi connectivity index (χ4v) is 5.31. The number of benzene rings is 1. The van der Waals surface area contributed by atoms with Gasteiger partial charge in [-0.05, 0) is 68.2 Å². The van der Waals surface area contributed by atoms with E-state index >= 15 is 0 Å². The van der Waals surface area contributed by atoms with Crippen LogP contribution < -0.4 is 5.32 Å². The minimum Gasteiger partial charge on any atom is -0.355 e. The Kier molecular flexibility index (Phi) is 4.58. The molecular formula is C20H24N2O4S. The quantitative estimate of drug-likeness (QED) is 0.849. The van der Waals surface area contributed by atoms with Gasteiger partial charge in [-0.3, -0.25) is 4.79 Å². The number of amides is 1. The first kappa shape index (κ1) is 18.2. The number of rotatable bonds is 5. The summed E-state index contributed by atoms with van der Waals surface area (Å²) in [7, 11) is -3.25. The summed E-state index contributed by atoms with van der Waals surface area (Å²) in [6.07, 6.45) is 6.31. The lowest BCUT2D eigenvalue weighted by atomic mass is 9.84. The molecule has 2 saturated carbocycles. The van der Waals surface area contributed by atoms with Crippen molar-refractivity contribution in [3.05, 3.63) is 36.0 Å². The first-order valence-electron chi connectivity index (χ1n) is 9.39. The van der Waals surface area contributed by atoms with E-state index in [1.807, 2.05) is 0 Å². The molecule has 1 heterocycles. The van der Waals surface area contributed by atoms with E-state index < -0.39 is 9.84 Å². The van der Waals surface area contributed by atoms with Crippen LogP contribution in [0.15, 0.2) is 39.8 Å². The van der Waals surface area contributed by atoms with Gasteiger partial charge in [0.1, 0.15) is 0 Å². The Morgan fingerprint density at radius 2 is 1.96 bits per heavy atom. The molecular weight excluding hydrogens is 364 g/mol. The number of nitrogens with zero attached hydrogens (tertiary/aromatic N) is 1. The van der Waals surface area contributed by atoms with Crippen molar-refractivity contribution in [2.24, 2.45) is 17.8 Å². The van der Waals surface area contributed by atoms with Crippen molar-refractivity contribution in [1.82, 2.24) is 10.5 Å². The molecule has 2 aliphatic rings. The van der Waals surface area contributed by atoms with Crippen molar-refractivity contribution in [3.63, 3.8) is 0 Å². The third-order valence-corrected chi connectivity index (χ3v) is 7.23. The van der Waals surface area contributed by atoms with Gasteiger partial charge in [-0.25, -0.2) is 8.42 Å². The van der Waals surface area contributed by atoms with Gasteiger partial charge in [0, 0.05) is 23.9 Å². The van der Waals surface area contributed by atoms with Crippen LogP contribution in [0.4, 0.5) is 0 Å². The van der Waals surface area contributed by atoms with Gasteiger partial charge < -0.3 is 9.84 Å². The van der Waals surface area contributed by atoms with E-state index in [1.54, 1.807) is 18.2 Å². The largest absolute Gasteiger partial charge is 0.355 e. The predicted molar refractivity (Wildman–Crippen MR) is 101 cm³/mol. The number of fused-ring (bicyclic) bond motifs is 2. The van der Waals surface area contributed by atoms with E-state index in [9.17, 15) is 13.2 Å². The van der Waals surface area contributed by atoms with Crippen LogP contribution in [0.5, 0.6) is 0 Å². The average molecular weight is 388 g/mol. The number of hydrogen-bond donors (Lipinski definition) is 1. The summed E-state index contributed by atoms with van der Waals surface area (Å²) in [6.45, 7) is 2.08. The normalized spacial score (nSPS) is 25.5. The number of carbonyl (C=O) groups excluding carboxylic acids is 1. The van der Waals surface area contributed by atoms with Gasteiger partial charge >= 0.3 is 0 Å². The highest BCUT2D eigenvalue weighted by Crippen LogP contribution is 2.49. The second kappa shape index (κ2) is 6.78. The Morgan fingerprint density at radius 3 is 2.56 bits per heavy atom. The molecule has 1 aromatic carbocycles. The van der Waals surface area contributed by atoms with Crippen LogP contribution in [0.3, 0.4) is 0 Å². The van der Waals surface area contributed by atoms with Crippen molar-refractivity contribution < 1.29 is 17.7 Å². The minimum atomic E-state index is -3.25. The zero-order valence-electron chi connectivity index (χ0n) is 15.5. The smallest absolute Gasteiger partial charge is 0.273 e. The molecule has 0 radical (unpaired) electrons. The standard InChI is InChI=1S/C20H24N2O4S/c1-12(17-10-13-3-4-15(17)9-13)21-20(23)18-11-19(26-22-18)14-5-7-16(8-6-14)27(2,24)25/h5-8,11-13,15,17H,3-4,9-10H2,1-2H3,(H,21,23). The summed E-state index contributed by atoms with van der Waals surface area (Å²) >= 11 is 0. The summed E-state index contributed by atoms with van der Waals surface area (Å²) in [5.74, 6) is 2.35. The molecule has 1 N–H and O–H groups in total. The van der Waals surface area contributed by atoms with Crippen LogP contribution in [0.2, 0.25) is 0 Å². The highest BCUT2D eigenvalue weighted by atomic mass is 32.2. The molecule has 7 heteroatoms. The van der Waals surface area contributed by atoms with E-state index in [0.29, 0.717) is 17.2 Å². The lowest BCUT2D eigenvalue weighted by Crippen LogP contribution is -2.40. The van der Waals surface area contributed by atoms with Crippen molar-refractivity contribution in [2.75, 3.05) is 6.26 Å². The summed E-state index contributed by atoms with van der Waals surface area (Å²) in [5, 5.41) is 6.96. The molecule has 4 rings (SSSR count). The Hall–Kier alpha value is -2.15. The van der Waals surface area contributed by atoms with Gasteiger partial charge in [0.05, 0.1) is 4.90 Å². The molecule has 1 amide bonds.